The van der Waals surface area contributed by atoms with Gasteiger partial charge in [0.05, 0.1) is 13.1 Å². The number of rotatable bonds is 6. The van der Waals surface area contributed by atoms with Crippen LogP contribution in [0.2, 0.25) is 0 Å². The highest BCUT2D eigenvalue weighted by molar-refractivity contribution is 9.10. The highest BCUT2D eigenvalue weighted by Gasteiger charge is 2.21. The van der Waals surface area contributed by atoms with Crippen LogP contribution >= 0.6 is 15.9 Å². The molecule has 7 nitrogen and oxygen atoms in total. The first-order valence-corrected chi connectivity index (χ1v) is 10.4. The molecular formula is C21H21BrFN5O2. The van der Waals surface area contributed by atoms with Crippen LogP contribution in [0.1, 0.15) is 5.89 Å². The summed E-state index contributed by atoms with van der Waals surface area (Å²) in [4.78, 5) is 16.5. The van der Waals surface area contributed by atoms with E-state index in [-0.39, 0.29) is 11.7 Å². The second-order valence-corrected chi connectivity index (χ2v) is 8.03. The van der Waals surface area contributed by atoms with Crippen molar-refractivity contribution in [2.45, 2.75) is 6.54 Å². The van der Waals surface area contributed by atoms with Gasteiger partial charge in [0.15, 0.2) is 0 Å². The lowest BCUT2D eigenvalue weighted by molar-refractivity contribution is -0.117. The van der Waals surface area contributed by atoms with Gasteiger partial charge >= 0.3 is 0 Å². The molecule has 9 heteroatoms. The van der Waals surface area contributed by atoms with Crippen LogP contribution < -0.4 is 5.32 Å². The van der Waals surface area contributed by atoms with Crippen LogP contribution in [0.3, 0.4) is 0 Å². The van der Waals surface area contributed by atoms with Crippen molar-refractivity contribution in [3.05, 3.63) is 64.7 Å². The summed E-state index contributed by atoms with van der Waals surface area (Å²) in [5.74, 6) is 0.648. The van der Waals surface area contributed by atoms with Crippen molar-refractivity contribution in [2.24, 2.45) is 0 Å². The molecule has 1 amide bonds. The summed E-state index contributed by atoms with van der Waals surface area (Å²) >= 11 is 3.44. The average Bonchev–Trinajstić information content (AvgIpc) is 3.20. The summed E-state index contributed by atoms with van der Waals surface area (Å²) in [7, 11) is 0. The monoisotopic (exact) mass is 473 g/mol. The summed E-state index contributed by atoms with van der Waals surface area (Å²) in [6, 6.07) is 13.5. The van der Waals surface area contributed by atoms with Crippen LogP contribution in [0.4, 0.5) is 10.1 Å². The SMILES string of the molecule is O=C(CN1CCN(Cc2nnc(-c3cccc(Br)c3)o2)CC1)Nc1ccc(F)cc1. The quantitative estimate of drug-likeness (QED) is 0.591. The highest BCUT2D eigenvalue weighted by Crippen LogP contribution is 2.22. The largest absolute Gasteiger partial charge is 0.419 e. The van der Waals surface area contributed by atoms with Crippen molar-refractivity contribution >= 4 is 27.5 Å². The van der Waals surface area contributed by atoms with E-state index in [0.717, 1.165) is 36.2 Å². The molecule has 2 heterocycles. The summed E-state index contributed by atoms with van der Waals surface area (Å²) in [5.41, 5.74) is 1.47. The molecular weight excluding hydrogens is 453 g/mol. The molecule has 1 aromatic heterocycles. The fraction of sp³-hybridized carbons (Fsp3) is 0.286. The molecule has 0 saturated carbocycles. The first kappa shape index (κ1) is 20.6. The van der Waals surface area contributed by atoms with Gasteiger partial charge in [0.2, 0.25) is 17.7 Å². The number of aromatic nitrogens is 2. The molecule has 4 rings (SSSR count). The Hall–Kier alpha value is -2.62. The number of nitrogens with one attached hydrogen (secondary N) is 1. The van der Waals surface area contributed by atoms with Crippen LogP contribution in [0.25, 0.3) is 11.5 Å². The van der Waals surface area contributed by atoms with Crippen molar-refractivity contribution in [3.8, 4) is 11.5 Å². The summed E-state index contributed by atoms with van der Waals surface area (Å²) in [6.07, 6.45) is 0. The van der Waals surface area contributed by atoms with Crippen LogP contribution in [0.15, 0.2) is 57.4 Å². The van der Waals surface area contributed by atoms with Crippen LogP contribution in [0, 0.1) is 5.82 Å². The molecule has 1 aliphatic rings. The lowest BCUT2D eigenvalue weighted by Gasteiger charge is -2.33. The van der Waals surface area contributed by atoms with Gasteiger partial charge in [0, 0.05) is 41.9 Å². The van der Waals surface area contributed by atoms with Gasteiger partial charge < -0.3 is 9.73 Å². The van der Waals surface area contributed by atoms with Gasteiger partial charge in [0.25, 0.3) is 0 Å². The van der Waals surface area contributed by atoms with Crippen molar-refractivity contribution in [1.82, 2.24) is 20.0 Å². The van der Waals surface area contributed by atoms with Crippen molar-refractivity contribution in [3.63, 3.8) is 0 Å². The topological polar surface area (TPSA) is 74.5 Å². The molecule has 156 valence electrons. The Balaban J connectivity index is 1.24. The predicted octanol–water partition coefficient (Wildman–Crippen LogP) is 3.39. The fourth-order valence-electron chi connectivity index (χ4n) is 3.29. The van der Waals surface area contributed by atoms with Crippen LogP contribution in [-0.2, 0) is 11.3 Å². The van der Waals surface area contributed by atoms with Crippen molar-refractivity contribution < 1.29 is 13.6 Å². The van der Waals surface area contributed by atoms with Crippen molar-refractivity contribution in [2.75, 3.05) is 38.0 Å². The second-order valence-electron chi connectivity index (χ2n) is 7.12. The minimum Gasteiger partial charge on any atom is -0.419 e. The lowest BCUT2D eigenvalue weighted by Crippen LogP contribution is -2.48. The number of benzene rings is 2. The smallest absolute Gasteiger partial charge is 0.247 e. The molecule has 0 spiro atoms. The number of hydrogen-bond donors (Lipinski definition) is 1. The third kappa shape index (κ3) is 5.50. The normalized spacial score (nSPS) is 15.3. The van der Waals surface area contributed by atoms with Gasteiger partial charge in [-0.15, -0.1) is 10.2 Å². The molecule has 0 radical (unpaired) electrons. The van der Waals surface area contributed by atoms with Gasteiger partial charge in [-0.05, 0) is 42.5 Å². The summed E-state index contributed by atoms with van der Waals surface area (Å²) < 4.78 is 19.7. The minimum absolute atomic E-state index is 0.106. The van der Waals surface area contributed by atoms with Crippen LogP contribution in [-0.4, -0.2) is 58.6 Å². The molecule has 1 aliphatic heterocycles. The Morgan fingerprint density at radius 2 is 1.80 bits per heavy atom. The number of piperazine rings is 1. The third-order valence-corrected chi connectivity index (χ3v) is 5.35. The molecule has 1 saturated heterocycles. The van der Waals surface area contributed by atoms with Gasteiger partial charge in [-0.25, -0.2) is 4.39 Å². The van der Waals surface area contributed by atoms with Crippen LogP contribution in [0.5, 0.6) is 0 Å². The average molecular weight is 474 g/mol. The Morgan fingerprint density at radius 3 is 2.53 bits per heavy atom. The maximum absolute atomic E-state index is 13.0. The van der Waals surface area contributed by atoms with E-state index in [4.69, 9.17) is 4.42 Å². The van der Waals surface area contributed by atoms with E-state index in [2.05, 4.69) is 41.2 Å². The predicted molar refractivity (Wildman–Crippen MR) is 114 cm³/mol. The molecule has 30 heavy (non-hydrogen) atoms. The molecule has 1 N–H and O–H groups in total. The lowest BCUT2D eigenvalue weighted by atomic mass is 10.2. The minimum atomic E-state index is -0.325. The van der Waals surface area contributed by atoms with E-state index in [1.54, 1.807) is 12.1 Å². The number of carbonyl (C=O) groups excluding carboxylic acids is 1. The molecule has 0 aliphatic carbocycles. The third-order valence-electron chi connectivity index (χ3n) is 4.86. The molecule has 0 unspecified atom stereocenters. The Labute approximate surface area is 182 Å². The number of hydrogen-bond acceptors (Lipinski definition) is 6. The fourth-order valence-corrected chi connectivity index (χ4v) is 3.69. The van der Waals surface area contributed by atoms with Crippen molar-refractivity contribution in [1.29, 1.82) is 0 Å². The number of halogens is 2. The van der Waals surface area contributed by atoms with E-state index in [9.17, 15) is 9.18 Å². The second kappa shape index (κ2) is 9.46. The first-order valence-electron chi connectivity index (χ1n) is 9.63. The number of anilines is 1. The molecule has 3 aromatic rings. The Morgan fingerprint density at radius 1 is 1.07 bits per heavy atom. The van der Waals surface area contributed by atoms with E-state index < -0.39 is 0 Å². The number of carbonyl (C=O) groups is 1. The number of nitrogens with zero attached hydrogens (tertiary/aromatic N) is 4. The molecule has 0 bridgehead atoms. The molecule has 0 atom stereocenters. The zero-order valence-corrected chi connectivity index (χ0v) is 17.8. The zero-order chi connectivity index (χ0) is 20.9. The maximum Gasteiger partial charge on any atom is 0.247 e. The van der Waals surface area contributed by atoms with Gasteiger partial charge in [-0.3, -0.25) is 14.6 Å². The Bertz CT molecular complexity index is 1000. The van der Waals surface area contributed by atoms with E-state index in [1.807, 2.05) is 24.3 Å². The van der Waals surface area contributed by atoms with E-state index in [1.165, 1.54) is 12.1 Å². The maximum atomic E-state index is 13.0. The van der Waals surface area contributed by atoms with E-state index >= 15 is 0 Å². The van der Waals surface area contributed by atoms with Gasteiger partial charge in [-0.1, -0.05) is 22.0 Å². The Kier molecular flexibility index (Phi) is 6.51. The molecule has 2 aromatic carbocycles. The standard InChI is InChI=1S/C21H21BrFN5O2/c22-16-3-1-2-15(12-16)21-26-25-20(30-21)14-28-10-8-27(9-11-28)13-19(29)24-18-6-4-17(23)5-7-18/h1-7,12H,8-11,13-14H2,(H,24,29). The van der Waals surface area contributed by atoms with E-state index in [0.29, 0.717) is 30.6 Å². The van der Waals surface area contributed by atoms with Gasteiger partial charge in [-0.2, -0.15) is 0 Å². The van der Waals surface area contributed by atoms with Gasteiger partial charge in [0.1, 0.15) is 5.82 Å². The highest BCUT2D eigenvalue weighted by atomic mass is 79.9. The zero-order valence-electron chi connectivity index (χ0n) is 16.2. The first-order chi connectivity index (χ1) is 14.5. The summed E-state index contributed by atoms with van der Waals surface area (Å²) in [5, 5.41) is 11.1. The number of amides is 1. The molecule has 1 fully saturated rings. The summed E-state index contributed by atoms with van der Waals surface area (Å²) in [6.45, 7) is 4.03.